The third-order valence-corrected chi connectivity index (χ3v) is 7.05. The smallest absolute Gasteiger partial charge is 0.271 e. The van der Waals surface area contributed by atoms with Gasteiger partial charge in [-0.2, -0.15) is 0 Å². The Hall–Kier alpha value is -3.57. The summed E-state index contributed by atoms with van der Waals surface area (Å²) in [6.45, 7) is 3.03. The number of hydrogen-bond acceptors (Lipinski definition) is 2. The standard InChI is InChI=1S/C28H26ClN3O2/c1-28(27(34)30-18-20-9-3-2-4-10-20)19-31-24-14-8-6-12-22(24)17-25(31)26(33)32(28)16-15-21-11-5-7-13-23(21)29/h2-14,17H,15-16,18-19H2,1H3,(H,30,34). The molecule has 1 aliphatic rings. The second-order valence-corrected chi connectivity index (χ2v) is 9.32. The van der Waals surface area contributed by atoms with Crippen LogP contribution in [0.25, 0.3) is 10.9 Å². The van der Waals surface area contributed by atoms with E-state index in [-0.39, 0.29) is 11.8 Å². The number of halogens is 1. The van der Waals surface area contributed by atoms with Gasteiger partial charge in [-0.1, -0.05) is 78.3 Å². The molecule has 5 nitrogen and oxygen atoms in total. The summed E-state index contributed by atoms with van der Waals surface area (Å²) in [4.78, 5) is 29.1. The van der Waals surface area contributed by atoms with Crippen LogP contribution in [-0.4, -0.2) is 33.4 Å². The first-order valence-electron chi connectivity index (χ1n) is 11.4. The number of nitrogens with zero attached hydrogens (tertiary/aromatic N) is 2. The summed E-state index contributed by atoms with van der Waals surface area (Å²) in [5.41, 5.74) is 2.47. The number of para-hydroxylation sites is 1. The van der Waals surface area contributed by atoms with Crippen molar-refractivity contribution in [3.63, 3.8) is 0 Å². The highest BCUT2D eigenvalue weighted by atomic mass is 35.5. The number of carbonyl (C=O) groups is 2. The van der Waals surface area contributed by atoms with Crippen LogP contribution in [0.2, 0.25) is 5.02 Å². The number of aromatic nitrogens is 1. The van der Waals surface area contributed by atoms with E-state index in [4.69, 9.17) is 11.6 Å². The number of carbonyl (C=O) groups excluding carboxylic acids is 2. The van der Waals surface area contributed by atoms with E-state index in [0.717, 1.165) is 22.0 Å². The van der Waals surface area contributed by atoms with Crippen molar-refractivity contribution in [2.45, 2.75) is 32.0 Å². The monoisotopic (exact) mass is 471 g/mol. The largest absolute Gasteiger partial charge is 0.350 e. The molecule has 4 aromatic rings. The van der Waals surface area contributed by atoms with Crippen LogP contribution >= 0.6 is 11.6 Å². The summed E-state index contributed by atoms with van der Waals surface area (Å²) in [6.07, 6.45) is 0.563. The zero-order chi connectivity index (χ0) is 23.7. The SMILES string of the molecule is CC1(C(=O)NCc2ccccc2)Cn2c(cc3ccccc32)C(=O)N1CCc1ccccc1Cl. The van der Waals surface area contributed by atoms with Gasteiger partial charge in [-0.25, -0.2) is 0 Å². The van der Waals surface area contributed by atoms with Crippen LogP contribution < -0.4 is 5.32 Å². The average molecular weight is 472 g/mol. The van der Waals surface area contributed by atoms with Gasteiger partial charge in [0.05, 0.1) is 6.54 Å². The van der Waals surface area contributed by atoms with Gasteiger partial charge in [0.2, 0.25) is 5.91 Å². The van der Waals surface area contributed by atoms with Crippen LogP contribution in [0.5, 0.6) is 0 Å². The van der Waals surface area contributed by atoms with Gasteiger partial charge in [-0.3, -0.25) is 9.59 Å². The van der Waals surface area contributed by atoms with Gasteiger partial charge in [-0.15, -0.1) is 0 Å². The predicted molar refractivity (Wildman–Crippen MR) is 135 cm³/mol. The molecule has 1 aromatic heterocycles. The third kappa shape index (κ3) is 3.97. The molecule has 0 saturated heterocycles. The van der Waals surface area contributed by atoms with Gasteiger partial charge >= 0.3 is 0 Å². The van der Waals surface area contributed by atoms with Gasteiger partial charge in [-0.05, 0) is 42.7 Å². The number of nitrogens with one attached hydrogen (secondary N) is 1. The first kappa shape index (κ1) is 22.2. The van der Waals surface area contributed by atoms with E-state index >= 15 is 0 Å². The molecule has 0 radical (unpaired) electrons. The molecular weight excluding hydrogens is 446 g/mol. The van der Waals surface area contributed by atoms with Crippen LogP contribution in [0, 0.1) is 0 Å². The fraction of sp³-hybridized carbons (Fsp3) is 0.214. The molecule has 0 fully saturated rings. The van der Waals surface area contributed by atoms with Gasteiger partial charge in [0, 0.05) is 29.0 Å². The number of benzene rings is 3. The lowest BCUT2D eigenvalue weighted by Crippen LogP contribution is -2.64. The van der Waals surface area contributed by atoms with E-state index < -0.39 is 5.54 Å². The Morgan fingerprint density at radius 2 is 1.71 bits per heavy atom. The normalized spacial score (nSPS) is 17.6. The van der Waals surface area contributed by atoms with Gasteiger partial charge in [0.25, 0.3) is 5.91 Å². The summed E-state index contributed by atoms with van der Waals surface area (Å²) in [6, 6.07) is 27.2. The molecule has 0 aliphatic carbocycles. The minimum absolute atomic E-state index is 0.146. The molecule has 2 heterocycles. The molecule has 2 amide bonds. The molecule has 6 heteroatoms. The zero-order valence-corrected chi connectivity index (χ0v) is 19.8. The number of rotatable bonds is 6. The molecular formula is C28H26ClN3O2. The Morgan fingerprint density at radius 3 is 2.50 bits per heavy atom. The fourth-order valence-electron chi connectivity index (χ4n) is 4.76. The highest BCUT2D eigenvalue weighted by molar-refractivity contribution is 6.31. The number of amides is 2. The van der Waals surface area contributed by atoms with E-state index in [2.05, 4.69) is 5.32 Å². The summed E-state index contributed by atoms with van der Waals surface area (Å²) >= 11 is 6.38. The summed E-state index contributed by atoms with van der Waals surface area (Å²) < 4.78 is 1.98. The maximum absolute atomic E-state index is 13.8. The first-order valence-corrected chi connectivity index (χ1v) is 11.8. The molecule has 5 rings (SSSR count). The van der Waals surface area contributed by atoms with Crippen molar-refractivity contribution in [2.24, 2.45) is 0 Å². The van der Waals surface area contributed by atoms with Gasteiger partial charge in [0.15, 0.2) is 0 Å². The average Bonchev–Trinajstić information content (AvgIpc) is 3.22. The molecule has 3 aromatic carbocycles. The molecule has 1 N–H and O–H groups in total. The summed E-state index contributed by atoms with van der Waals surface area (Å²) in [5.74, 6) is -0.320. The Bertz CT molecular complexity index is 1360. The summed E-state index contributed by atoms with van der Waals surface area (Å²) in [7, 11) is 0. The van der Waals surface area contributed by atoms with Crippen molar-refractivity contribution in [2.75, 3.05) is 6.54 Å². The Morgan fingerprint density at radius 1 is 1.00 bits per heavy atom. The van der Waals surface area contributed by atoms with Gasteiger partial charge in [0.1, 0.15) is 11.2 Å². The lowest BCUT2D eigenvalue weighted by molar-refractivity contribution is -0.133. The maximum atomic E-state index is 13.8. The van der Waals surface area contributed by atoms with Gasteiger partial charge < -0.3 is 14.8 Å². The molecule has 1 unspecified atom stereocenters. The van der Waals surface area contributed by atoms with Crippen molar-refractivity contribution in [3.8, 4) is 0 Å². The molecule has 172 valence electrons. The van der Waals surface area contributed by atoms with E-state index in [9.17, 15) is 9.59 Å². The first-order chi connectivity index (χ1) is 16.5. The van der Waals surface area contributed by atoms with Crippen LogP contribution in [-0.2, 0) is 24.3 Å². The van der Waals surface area contributed by atoms with Crippen LogP contribution in [0.1, 0.15) is 28.5 Å². The predicted octanol–water partition coefficient (Wildman–Crippen LogP) is 5.07. The van der Waals surface area contributed by atoms with Crippen molar-refractivity contribution >= 4 is 34.3 Å². The molecule has 34 heavy (non-hydrogen) atoms. The second kappa shape index (κ2) is 8.99. The van der Waals surface area contributed by atoms with Crippen LogP contribution in [0.4, 0.5) is 0 Å². The highest BCUT2D eigenvalue weighted by Gasteiger charge is 2.47. The minimum atomic E-state index is -1.05. The lowest BCUT2D eigenvalue weighted by atomic mass is 9.93. The topological polar surface area (TPSA) is 54.3 Å². The zero-order valence-electron chi connectivity index (χ0n) is 19.0. The lowest BCUT2D eigenvalue weighted by Gasteiger charge is -2.44. The Labute approximate surface area is 203 Å². The molecule has 0 saturated carbocycles. The second-order valence-electron chi connectivity index (χ2n) is 8.91. The summed E-state index contributed by atoms with van der Waals surface area (Å²) in [5, 5.41) is 4.72. The van der Waals surface area contributed by atoms with Crippen molar-refractivity contribution in [1.82, 2.24) is 14.8 Å². The minimum Gasteiger partial charge on any atom is -0.350 e. The fourth-order valence-corrected chi connectivity index (χ4v) is 4.99. The highest BCUT2D eigenvalue weighted by Crippen LogP contribution is 2.33. The van der Waals surface area contributed by atoms with E-state index in [0.29, 0.717) is 36.8 Å². The molecule has 0 bridgehead atoms. The Balaban J connectivity index is 1.49. The quantitative estimate of drug-likeness (QED) is 0.427. The van der Waals surface area contributed by atoms with E-state index in [1.165, 1.54) is 0 Å². The van der Waals surface area contributed by atoms with Crippen molar-refractivity contribution < 1.29 is 9.59 Å². The Kier molecular flexibility index (Phi) is 5.88. The third-order valence-electron chi connectivity index (χ3n) is 6.68. The van der Waals surface area contributed by atoms with E-state index in [1.807, 2.05) is 96.4 Å². The van der Waals surface area contributed by atoms with E-state index in [1.54, 1.807) is 4.90 Å². The number of hydrogen-bond donors (Lipinski definition) is 1. The molecule has 1 atom stereocenters. The van der Waals surface area contributed by atoms with Crippen molar-refractivity contribution in [1.29, 1.82) is 0 Å². The number of fused-ring (bicyclic) bond motifs is 3. The molecule has 1 aliphatic heterocycles. The van der Waals surface area contributed by atoms with Crippen LogP contribution in [0.15, 0.2) is 84.9 Å². The van der Waals surface area contributed by atoms with Crippen molar-refractivity contribution in [3.05, 3.63) is 107 Å². The molecule has 0 spiro atoms. The maximum Gasteiger partial charge on any atom is 0.271 e. The van der Waals surface area contributed by atoms with Crippen LogP contribution in [0.3, 0.4) is 0 Å².